The molecule has 1 N–H and O–H groups in total. The third-order valence-corrected chi connectivity index (χ3v) is 5.15. The number of amides is 2. The molecular weight excluding hydrogens is 322 g/mol. The number of benzene rings is 1. The van der Waals surface area contributed by atoms with Gasteiger partial charge in [0.25, 0.3) is 11.8 Å². The van der Waals surface area contributed by atoms with E-state index in [4.69, 9.17) is 5.11 Å². The molecule has 0 spiro atoms. The van der Waals surface area contributed by atoms with Crippen molar-refractivity contribution < 1.29 is 14.7 Å². The van der Waals surface area contributed by atoms with Crippen LogP contribution in [0.15, 0.2) is 23.1 Å². The zero-order valence-electron chi connectivity index (χ0n) is 14.6. The fourth-order valence-electron chi connectivity index (χ4n) is 2.89. The lowest BCUT2D eigenvalue weighted by atomic mass is 9.99. The summed E-state index contributed by atoms with van der Waals surface area (Å²) < 4.78 is 0. The summed E-state index contributed by atoms with van der Waals surface area (Å²) in [5, 5.41) is 9.11. The Morgan fingerprint density at radius 2 is 1.88 bits per heavy atom. The first-order valence-electron chi connectivity index (χ1n) is 8.43. The number of nitrogens with zero attached hydrogens (tertiary/aromatic N) is 1. The minimum atomic E-state index is -0.218. The second-order valence-corrected chi connectivity index (χ2v) is 7.17. The summed E-state index contributed by atoms with van der Waals surface area (Å²) in [5.74, 6) is -0.0148. The minimum absolute atomic E-state index is 0.0222. The van der Waals surface area contributed by atoms with E-state index in [0.717, 1.165) is 36.0 Å². The van der Waals surface area contributed by atoms with Gasteiger partial charge in [-0.25, -0.2) is 0 Å². The number of thioether (sulfide) groups is 1. The molecule has 1 heterocycles. The zero-order valence-corrected chi connectivity index (χ0v) is 15.4. The lowest BCUT2D eigenvalue weighted by molar-refractivity contribution is -0.136. The van der Waals surface area contributed by atoms with Crippen molar-refractivity contribution in [3.63, 3.8) is 0 Å². The van der Waals surface area contributed by atoms with Crippen LogP contribution in [0, 0.1) is 13.8 Å². The quantitative estimate of drug-likeness (QED) is 0.579. The third-order valence-electron chi connectivity index (χ3n) is 4.10. The predicted octanol–water partition coefficient (Wildman–Crippen LogP) is 3.30. The lowest BCUT2D eigenvalue weighted by Gasteiger charge is -2.15. The maximum atomic E-state index is 12.9. The van der Waals surface area contributed by atoms with Crippen molar-refractivity contribution in [2.75, 3.05) is 18.9 Å². The molecule has 0 aliphatic carbocycles. The molecule has 0 saturated heterocycles. The Bertz CT molecular complexity index is 667. The van der Waals surface area contributed by atoms with Crippen molar-refractivity contribution >= 4 is 29.1 Å². The molecule has 4 nitrogen and oxygen atoms in total. The molecular formula is C19H25NO3S. The van der Waals surface area contributed by atoms with Gasteiger partial charge in [-0.3, -0.25) is 14.5 Å². The van der Waals surface area contributed by atoms with E-state index in [-0.39, 0.29) is 18.4 Å². The first-order valence-corrected chi connectivity index (χ1v) is 9.41. The maximum absolute atomic E-state index is 12.9. The molecule has 130 valence electrons. The highest BCUT2D eigenvalue weighted by molar-refractivity contribution is 8.04. The molecule has 0 unspecified atom stereocenters. The Morgan fingerprint density at radius 3 is 2.50 bits per heavy atom. The molecule has 1 aromatic carbocycles. The number of hydrogen-bond donors (Lipinski definition) is 1. The van der Waals surface area contributed by atoms with E-state index in [0.29, 0.717) is 22.8 Å². The Labute approximate surface area is 147 Å². The minimum Gasteiger partial charge on any atom is -0.396 e. The van der Waals surface area contributed by atoms with E-state index < -0.39 is 0 Å². The second-order valence-electron chi connectivity index (χ2n) is 6.06. The Balaban J connectivity index is 2.39. The van der Waals surface area contributed by atoms with Gasteiger partial charge < -0.3 is 5.11 Å². The van der Waals surface area contributed by atoms with Crippen molar-refractivity contribution in [3.05, 3.63) is 39.8 Å². The first kappa shape index (κ1) is 18.7. The van der Waals surface area contributed by atoms with Gasteiger partial charge in [0.1, 0.15) is 0 Å². The van der Waals surface area contributed by atoms with Crippen LogP contribution in [0.5, 0.6) is 0 Å². The van der Waals surface area contributed by atoms with Crippen LogP contribution < -0.4 is 0 Å². The lowest BCUT2D eigenvalue weighted by Crippen LogP contribution is -2.32. The molecule has 1 aromatic rings. The van der Waals surface area contributed by atoms with Gasteiger partial charge in [-0.15, -0.1) is 11.8 Å². The summed E-state index contributed by atoms with van der Waals surface area (Å²) in [6.07, 6.45) is 2.86. The van der Waals surface area contributed by atoms with E-state index in [1.54, 1.807) is 0 Å². The Kier molecular flexibility index (Phi) is 6.63. The van der Waals surface area contributed by atoms with Crippen molar-refractivity contribution in [1.29, 1.82) is 0 Å². The fraction of sp³-hybridized carbons (Fsp3) is 0.474. The van der Waals surface area contributed by atoms with Crippen LogP contribution in [0.3, 0.4) is 0 Å². The highest BCUT2D eigenvalue weighted by Crippen LogP contribution is 2.37. The molecule has 24 heavy (non-hydrogen) atoms. The highest BCUT2D eigenvalue weighted by Gasteiger charge is 2.39. The molecule has 2 rings (SSSR count). The van der Waals surface area contributed by atoms with Gasteiger partial charge in [0, 0.05) is 12.3 Å². The number of aliphatic hydroxyl groups excluding tert-OH is 1. The van der Waals surface area contributed by atoms with Crippen LogP contribution >= 0.6 is 11.8 Å². The van der Waals surface area contributed by atoms with Gasteiger partial charge in [-0.1, -0.05) is 43.5 Å². The van der Waals surface area contributed by atoms with E-state index in [1.807, 2.05) is 32.0 Å². The average molecular weight is 347 g/mol. The molecule has 0 atom stereocenters. The zero-order chi connectivity index (χ0) is 17.7. The summed E-state index contributed by atoms with van der Waals surface area (Å²) in [4.78, 5) is 27.5. The smallest absolute Gasteiger partial charge is 0.267 e. The number of aliphatic hydroxyl groups is 1. The van der Waals surface area contributed by atoms with Crippen LogP contribution in [-0.4, -0.2) is 40.7 Å². The van der Waals surface area contributed by atoms with Crippen molar-refractivity contribution in [1.82, 2.24) is 4.90 Å². The molecule has 0 saturated carbocycles. The number of aryl methyl sites for hydroxylation is 2. The van der Waals surface area contributed by atoms with Gasteiger partial charge >= 0.3 is 0 Å². The first-order chi connectivity index (χ1) is 11.5. The second kappa shape index (κ2) is 8.49. The molecule has 1 aliphatic heterocycles. The molecule has 0 bridgehead atoms. The number of unbranched alkanes of at least 4 members (excludes halogenated alkanes) is 2. The van der Waals surface area contributed by atoms with Crippen LogP contribution in [-0.2, 0) is 9.59 Å². The van der Waals surface area contributed by atoms with E-state index in [9.17, 15) is 9.59 Å². The van der Waals surface area contributed by atoms with E-state index in [1.165, 1.54) is 16.7 Å². The summed E-state index contributed by atoms with van der Waals surface area (Å²) in [7, 11) is 0. The summed E-state index contributed by atoms with van der Waals surface area (Å²) in [6.45, 7) is 6.50. The SMILES string of the molecule is CCCCCN1C(=O)C(SCCO)=C(c2ccc(C)cc2C)C1=O. The predicted molar refractivity (Wildman–Crippen MR) is 98.6 cm³/mol. The van der Waals surface area contributed by atoms with Crippen molar-refractivity contribution in [2.45, 2.75) is 40.0 Å². The Morgan fingerprint density at radius 1 is 1.12 bits per heavy atom. The average Bonchev–Trinajstić information content (AvgIpc) is 2.77. The molecule has 2 amide bonds. The van der Waals surface area contributed by atoms with E-state index >= 15 is 0 Å². The number of rotatable bonds is 8. The largest absolute Gasteiger partial charge is 0.396 e. The summed E-state index contributed by atoms with van der Waals surface area (Å²) in [5.41, 5.74) is 3.42. The highest BCUT2D eigenvalue weighted by atomic mass is 32.2. The van der Waals surface area contributed by atoms with Crippen LogP contribution in [0.25, 0.3) is 5.57 Å². The monoisotopic (exact) mass is 347 g/mol. The normalized spacial score (nSPS) is 14.9. The van der Waals surface area contributed by atoms with Gasteiger partial charge in [-0.05, 0) is 31.4 Å². The van der Waals surface area contributed by atoms with Gasteiger partial charge in [0.05, 0.1) is 17.1 Å². The molecule has 0 radical (unpaired) electrons. The van der Waals surface area contributed by atoms with Gasteiger partial charge in [-0.2, -0.15) is 0 Å². The number of imide groups is 1. The number of carbonyl (C=O) groups excluding carboxylic acids is 2. The number of carbonyl (C=O) groups is 2. The van der Waals surface area contributed by atoms with Gasteiger partial charge in [0.15, 0.2) is 0 Å². The maximum Gasteiger partial charge on any atom is 0.267 e. The Hall–Kier alpha value is -1.59. The van der Waals surface area contributed by atoms with E-state index in [2.05, 4.69) is 6.92 Å². The van der Waals surface area contributed by atoms with Crippen molar-refractivity contribution in [3.8, 4) is 0 Å². The van der Waals surface area contributed by atoms with Crippen molar-refractivity contribution in [2.24, 2.45) is 0 Å². The van der Waals surface area contributed by atoms with Crippen LogP contribution in [0.2, 0.25) is 0 Å². The topological polar surface area (TPSA) is 57.6 Å². The van der Waals surface area contributed by atoms with Crippen LogP contribution in [0.4, 0.5) is 0 Å². The standard InChI is InChI=1S/C19H25NO3S/c1-4-5-6-9-20-18(22)16(17(19(20)23)24-11-10-21)15-8-7-13(2)12-14(15)3/h7-8,12,21H,4-6,9-11H2,1-3H3. The molecule has 0 fully saturated rings. The molecule has 0 aromatic heterocycles. The molecule has 1 aliphatic rings. The summed E-state index contributed by atoms with van der Waals surface area (Å²) >= 11 is 1.27. The summed E-state index contributed by atoms with van der Waals surface area (Å²) in [6, 6.07) is 5.90. The number of hydrogen-bond acceptors (Lipinski definition) is 4. The van der Waals surface area contributed by atoms with Gasteiger partial charge in [0.2, 0.25) is 0 Å². The van der Waals surface area contributed by atoms with Crippen LogP contribution in [0.1, 0.15) is 42.9 Å². The molecule has 5 heteroatoms. The third kappa shape index (κ3) is 3.90. The fourth-order valence-corrected chi connectivity index (χ4v) is 3.76.